The van der Waals surface area contributed by atoms with Gasteiger partial charge in [0.1, 0.15) is 11.6 Å². The lowest BCUT2D eigenvalue weighted by atomic mass is 9.99. The number of nitrogens with one attached hydrogen (secondary N) is 3. The fourth-order valence-electron chi connectivity index (χ4n) is 6.10. The van der Waals surface area contributed by atoms with E-state index < -0.39 is 26.6 Å². The van der Waals surface area contributed by atoms with Crippen LogP contribution < -0.4 is 15.5 Å². The molecule has 10 nitrogen and oxygen atoms in total. The summed E-state index contributed by atoms with van der Waals surface area (Å²) in [6, 6.07) is 8.52. The quantitative estimate of drug-likeness (QED) is 0.293. The molecular weight excluding hydrogens is 647 g/mol. The summed E-state index contributed by atoms with van der Waals surface area (Å²) in [6.07, 6.45) is 2.53. The predicted octanol–water partition coefficient (Wildman–Crippen LogP) is 3.62. The van der Waals surface area contributed by atoms with Gasteiger partial charge in [0.2, 0.25) is 10.0 Å². The number of Topliss-reactive ketones (excluding diaryl/α,β-unsaturated/α-hetero) is 1. The molecule has 0 unspecified atom stereocenters. The van der Waals surface area contributed by atoms with E-state index in [1.165, 1.54) is 4.31 Å². The molecule has 0 radical (unpaired) electrons. The fourth-order valence-corrected chi connectivity index (χ4v) is 7.55. The maximum atomic E-state index is 13.8. The van der Waals surface area contributed by atoms with Crippen molar-refractivity contribution >= 4 is 52.0 Å². The number of piperazine rings is 1. The van der Waals surface area contributed by atoms with Crippen LogP contribution in [0.4, 0.5) is 20.2 Å². The molecule has 3 aliphatic rings. The lowest BCUT2D eigenvalue weighted by molar-refractivity contribution is 0.0992. The fraction of sp³-hybridized carbons (Fsp3) is 0.467. The number of halogens is 4. The summed E-state index contributed by atoms with van der Waals surface area (Å²) in [4.78, 5) is 18.0. The molecule has 4 heterocycles. The Hall–Kier alpha value is -2.81. The number of anilines is 2. The maximum Gasteiger partial charge on any atom is 0.243 e. The van der Waals surface area contributed by atoms with Gasteiger partial charge in [-0.3, -0.25) is 9.89 Å². The minimum atomic E-state index is -4.16. The Kier molecular flexibility index (Phi) is 11.5. The number of aromatic amines is 1. The van der Waals surface area contributed by atoms with Gasteiger partial charge >= 0.3 is 0 Å². The van der Waals surface area contributed by atoms with Gasteiger partial charge in [-0.05, 0) is 56.8 Å². The standard InChI is InChI=1S/C30H37F2N7O3S.2ClH/c1-37-9-11-38(12-10-37)23-4-5-25(28(16-23)34-18-22-3-2-7-33-22)30(40)17-29-26-19-39(8-6-27(26)35-36-29)43(41,42)24-14-20(31)13-21(32)15-24;;/h4-5,13-16,22,33-34H,2-3,6-12,17-19H2,1H3,(H,35,36);2*1H/t22-;;/m0../s1. The van der Waals surface area contributed by atoms with Crippen LogP contribution in [0.5, 0.6) is 0 Å². The van der Waals surface area contributed by atoms with Crippen LogP contribution in [0.3, 0.4) is 0 Å². The monoisotopic (exact) mass is 685 g/mol. The number of benzene rings is 2. The Labute approximate surface area is 274 Å². The van der Waals surface area contributed by atoms with Crippen LogP contribution >= 0.6 is 24.8 Å². The summed E-state index contributed by atoms with van der Waals surface area (Å²) in [5.74, 6) is -2.05. The number of fused-ring (bicyclic) bond motifs is 1. The molecule has 2 fully saturated rings. The van der Waals surface area contributed by atoms with Crippen molar-refractivity contribution in [2.45, 2.75) is 43.2 Å². The van der Waals surface area contributed by atoms with Gasteiger partial charge in [0.05, 0.1) is 17.0 Å². The molecule has 246 valence electrons. The van der Waals surface area contributed by atoms with Gasteiger partial charge in [-0.15, -0.1) is 24.8 Å². The van der Waals surface area contributed by atoms with Gasteiger partial charge in [-0.2, -0.15) is 9.40 Å². The molecule has 3 aliphatic heterocycles. The first kappa shape index (κ1) is 35.1. The molecule has 0 spiro atoms. The van der Waals surface area contributed by atoms with Crippen LogP contribution in [0.1, 0.15) is 40.2 Å². The second kappa shape index (κ2) is 14.7. The Balaban J connectivity index is 0.00000230. The third kappa shape index (κ3) is 7.78. The van der Waals surface area contributed by atoms with Crippen LogP contribution in [0.2, 0.25) is 0 Å². The number of rotatable bonds is 9. The van der Waals surface area contributed by atoms with Gasteiger partial charge in [-0.25, -0.2) is 17.2 Å². The normalized spacial score (nSPS) is 19.0. The van der Waals surface area contributed by atoms with E-state index in [1.807, 2.05) is 12.1 Å². The number of ketones is 1. The second-order valence-corrected chi connectivity index (χ2v) is 13.6. The van der Waals surface area contributed by atoms with Crippen molar-refractivity contribution in [1.29, 1.82) is 0 Å². The first-order chi connectivity index (χ1) is 20.7. The minimum Gasteiger partial charge on any atom is -0.383 e. The van der Waals surface area contributed by atoms with E-state index in [0.717, 1.165) is 74.8 Å². The molecule has 6 rings (SSSR count). The number of likely N-dealkylation sites (N-methyl/N-ethyl adjacent to an activating group) is 1. The number of sulfonamides is 1. The van der Waals surface area contributed by atoms with Crippen molar-refractivity contribution in [1.82, 2.24) is 24.7 Å². The number of hydrogen-bond donors (Lipinski definition) is 3. The van der Waals surface area contributed by atoms with E-state index >= 15 is 0 Å². The van der Waals surface area contributed by atoms with Crippen LogP contribution in [-0.4, -0.2) is 92.5 Å². The molecule has 3 aromatic rings. The van der Waals surface area contributed by atoms with Crippen molar-refractivity contribution in [3.63, 3.8) is 0 Å². The van der Waals surface area contributed by atoms with E-state index in [0.29, 0.717) is 41.9 Å². The zero-order valence-corrected chi connectivity index (χ0v) is 27.5. The summed E-state index contributed by atoms with van der Waals surface area (Å²) in [5.41, 5.74) is 4.25. The Morgan fingerprint density at radius 3 is 2.47 bits per heavy atom. The molecule has 0 saturated carbocycles. The Morgan fingerprint density at radius 1 is 1.04 bits per heavy atom. The van der Waals surface area contributed by atoms with Gasteiger partial charge in [0.15, 0.2) is 5.78 Å². The van der Waals surface area contributed by atoms with E-state index in [1.54, 1.807) is 0 Å². The van der Waals surface area contributed by atoms with Crippen LogP contribution in [0, 0.1) is 11.6 Å². The molecule has 1 aromatic heterocycles. The number of aromatic nitrogens is 2. The number of H-pyrrole nitrogens is 1. The molecule has 0 aliphatic carbocycles. The highest BCUT2D eigenvalue weighted by atomic mass is 35.5. The third-order valence-corrected chi connectivity index (χ3v) is 10.5. The largest absolute Gasteiger partial charge is 0.383 e. The van der Waals surface area contributed by atoms with Crippen molar-refractivity contribution in [2.24, 2.45) is 0 Å². The average Bonchev–Trinajstić information content (AvgIpc) is 3.66. The molecule has 1 atom stereocenters. The molecule has 2 saturated heterocycles. The molecule has 3 N–H and O–H groups in total. The van der Waals surface area contributed by atoms with Gasteiger partial charge in [-0.1, -0.05) is 0 Å². The van der Waals surface area contributed by atoms with E-state index in [2.05, 4.69) is 43.7 Å². The zero-order valence-electron chi connectivity index (χ0n) is 25.0. The Bertz CT molecular complexity index is 1590. The molecule has 0 amide bonds. The van der Waals surface area contributed by atoms with Crippen molar-refractivity contribution < 1.29 is 22.0 Å². The summed E-state index contributed by atoms with van der Waals surface area (Å²) in [5, 5.41) is 14.4. The van der Waals surface area contributed by atoms with Crippen LogP contribution in [0.15, 0.2) is 41.3 Å². The number of carbonyl (C=O) groups is 1. The van der Waals surface area contributed by atoms with Gasteiger partial charge in [0, 0.05) is 92.5 Å². The number of hydrogen-bond acceptors (Lipinski definition) is 8. The number of nitrogens with zero attached hydrogens (tertiary/aromatic N) is 4. The summed E-state index contributed by atoms with van der Waals surface area (Å²) in [6.45, 7) is 5.54. The highest BCUT2D eigenvalue weighted by Gasteiger charge is 2.32. The smallest absolute Gasteiger partial charge is 0.243 e. The van der Waals surface area contributed by atoms with Crippen molar-refractivity contribution in [3.8, 4) is 0 Å². The summed E-state index contributed by atoms with van der Waals surface area (Å²) in [7, 11) is -2.05. The van der Waals surface area contributed by atoms with Crippen LogP contribution in [0.25, 0.3) is 0 Å². The van der Waals surface area contributed by atoms with Crippen molar-refractivity contribution in [3.05, 3.63) is 70.5 Å². The van der Waals surface area contributed by atoms with Gasteiger partial charge in [0.25, 0.3) is 0 Å². The van der Waals surface area contributed by atoms with Crippen LogP contribution in [-0.2, 0) is 29.4 Å². The second-order valence-electron chi connectivity index (χ2n) is 11.6. The molecule has 15 heteroatoms. The van der Waals surface area contributed by atoms with E-state index in [4.69, 9.17) is 0 Å². The van der Waals surface area contributed by atoms with E-state index in [9.17, 15) is 22.0 Å². The average molecular weight is 687 g/mol. The highest BCUT2D eigenvalue weighted by Crippen LogP contribution is 2.30. The van der Waals surface area contributed by atoms with Crippen molar-refractivity contribution in [2.75, 3.05) is 63.1 Å². The zero-order chi connectivity index (χ0) is 30.1. The highest BCUT2D eigenvalue weighted by molar-refractivity contribution is 7.89. The first-order valence-electron chi connectivity index (χ1n) is 14.8. The van der Waals surface area contributed by atoms with Gasteiger partial charge < -0.3 is 20.4 Å². The molecule has 2 aromatic carbocycles. The number of carbonyl (C=O) groups excluding carboxylic acids is 1. The minimum absolute atomic E-state index is 0. The lowest BCUT2D eigenvalue weighted by Crippen LogP contribution is -2.44. The summed E-state index contributed by atoms with van der Waals surface area (Å²) >= 11 is 0. The molecular formula is C30H39Cl2F2N7O3S. The predicted molar refractivity (Wildman–Crippen MR) is 174 cm³/mol. The third-order valence-electron chi connectivity index (χ3n) is 8.66. The first-order valence-corrected chi connectivity index (χ1v) is 16.2. The Morgan fingerprint density at radius 2 is 1.78 bits per heavy atom. The maximum absolute atomic E-state index is 13.8. The SMILES string of the molecule is CN1CCN(c2ccc(C(=O)Cc3n[nH]c4c3CN(S(=O)(=O)c3cc(F)cc(F)c3)CC4)c(NC[C@@H]3CCCN3)c2)CC1.Cl.Cl. The molecule has 45 heavy (non-hydrogen) atoms. The lowest BCUT2D eigenvalue weighted by Gasteiger charge is -2.34. The topological polar surface area (TPSA) is 114 Å². The summed E-state index contributed by atoms with van der Waals surface area (Å²) < 4.78 is 55.3. The van der Waals surface area contributed by atoms with E-state index in [-0.39, 0.29) is 50.1 Å². The molecule has 0 bridgehead atoms.